The summed E-state index contributed by atoms with van der Waals surface area (Å²) >= 11 is 1.37. The van der Waals surface area contributed by atoms with Crippen LogP contribution in [0.5, 0.6) is 0 Å². The number of nitrogens with zero attached hydrogens (tertiary/aromatic N) is 5. The van der Waals surface area contributed by atoms with Crippen LogP contribution in [-0.2, 0) is 13.1 Å². The molecule has 4 aromatic rings. The molecule has 0 saturated carbocycles. The van der Waals surface area contributed by atoms with Crippen molar-refractivity contribution in [2.24, 2.45) is 0 Å². The van der Waals surface area contributed by atoms with Crippen molar-refractivity contribution in [3.05, 3.63) is 79.0 Å². The first-order valence-corrected chi connectivity index (χ1v) is 10.9. The van der Waals surface area contributed by atoms with Crippen LogP contribution in [0.2, 0.25) is 0 Å². The van der Waals surface area contributed by atoms with Crippen LogP contribution in [0.1, 0.15) is 16.8 Å². The second kappa shape index (κ2) is 9.45. The molecule has 7 heteroatoms. The second-order valence-corrected chi connectivity index (χ2v) is 7.89. The normalized spacial score (nSPS) is 10.8. The van der Waals surface area contributed by atoms with Gasteiger partial charge in [-0.15, -0.1) is 16.8 Å². The Kier molecular flexibility index (Phi) is 6.29. The minimum atomic E-state index is 0.0197. The molecule has 0 fully saturated rings. The van der Waals surface area contributed by atoms with Crippen molar-refractivity contribution in [2.75, 3.05) is 5.75 Å². The number of hydrogen-bond donors (Lipinski definition) is 0. The SMILES string of the molecule is C=CCn1c(SCC(=O)c2cn(CCC#N)c3ccccc23)nnc1-c1ccccc1. The number of Topliss-reactive ketones (excluding diaryl/α,β-unsaturated/α-hetero) is 1. The van der Waals surface area contributed by atoms with Crippen LogP contribution < -0.4 is 0 Å². The molecule has 0 unspecified atom stereocenters. The summed E-state index contributed by atoms with van der Waals surface area (Å²) in [7, 11) is 0. The molecule has 4 rings (SSSR count). The minimum absolute atomic E-state index is 0.0197. The summed E-state index contributed by atoms with van der Waals surface area (Å²) < 4.78 is 3.95. The lowest BCUT2D eigenvalue weighted by Gasteiger charge is -2.07. The highest BCUT2D eigenvalue weighted by Crippen LogP contribution is 2.27. The van der Waals surface area contributed by atoms with Crippen LogP contribution in [0, 0.1) is 11.3 Å². The molecule has 0 aliphatic rings. The van der Waals surface area contributed by atoms with Gasteiger partial charge in [0.1, 0.15) is 0 Å². The number of carbonyl (C=O) groups excluding carboxylic acids is 1. The third-order valence-corrected chi connectivity index (χ3v) is 5.91. The molecule has 0 aliphatic carbocycles. The van der Waals surface area contributed by atoms with E-state index >= 15 is 0 Å². The zero-order valence-corrected chi connectivity index (χ0v) is 17.8. The molecule has 154 valence electrons. The zero-order chi connectivity index (χ0) is 21.6. The van der Waals surface area contributed by atoms with Crippen LogP contribution in [0.25, 0.3) is 22.3 Å². The van der Waals surface area contributed by atoms with Crippen LogP contribution >= 0.6 is 11.8 Å². The van der Waals surface area contributed by atoms with Gasteiger partial charge in [-0.3, -0.25) is 9.36 Å². The number of rotatable bonds is 9. The highest BCUT2D eigenvalue weighted by Gasteiger charge is 2.18. The molecule has 31 heavy (non-hydrogen) atoms. The fourth-order valence-electron chi connectivity index (χ4n) is 3.52. The second-order valence-electron chi connectivity index (χ2n) is 6.94. The average molecular weight is 428 g/mol. The predicted octanol–water partition coefficient (Wildman–Crippen LogP) is 4.97. The number of thioether (sulfide) groups is 1. The standard InChI is InChI=1S/C24H21N5OS/c1-2-14-29-23(18-9-4-3-5-10-18)26-27-24(29)31-17-22(30)20-16-28(15-8-13-25)21-12-7-6-11-19(20)21/h2-7,9-12,16H,1,8,14-15,17H2. The van der Waals surface area contributed by atoms with Crippen molar-refractivity contribution in [3.8, 4) is 17.5 Å². The molecule has 0 spiro atoms. The van der Waals surface area contributed by atoms with Gasteiger partial charge in [0.2, 0.25) is 0 Å². The smallest absolute Gasteiger partial charge is 0.192 e. The first-order chi connectivity index (χ1) is 15.2. The molecule has 2 heterocycles. The van der Waals surface area contributed by atoms with Crippen molar-refractivity contribution in [3.63, 3.8) is 0 Å². The number of aromatic nitrogens is 4. The molecule has 2 aromatic heterocycles. The van der Waals surface area contributed by atoms with Crippen molar-refractivity contribution < 1.29 is 4.79 Å². The predicted molar refractivity (Wildman–Crippen MR) is 123 cm³/mol. The highest BCUT2D eigenvalue weighted by molar-refractivity contribution is 7.99. The topological polar surface area (TPSA) is 76.5 Å². The van der Waals surface area contributed by atoms with Gasteiger partial charge in [-0.2, -0.15) is 5.26 Å². The Morgan fingerprint density at radius 1 is 1.13 bits per heavy atom. The lowest BCUT2D eigenvalue weighted by atomic mass is 10.1. The van der Waals surface area contributed by atoms with Gasteiger partial charge in [0, 0.05) is 41.3 Å². The molecule has 0 bridgehead atoms. The lowest BCUT2D eigenvalue weighted by Crippen LogP contribution is -2.05. The van der Waals surface area contributed by atoms with Gasteiger partial charge in [-0.05, 0) is 6.07 Å². The van der Waals surface area contributed by atoms with Gasteiger partial charge in [-0.1, -0.05) is 66.4 Å². The highest BCUT2D eigenvalue weighted by atomic mass is 32.2. The van der Waals surface area contributed by atoms with Gasteiger partial charge in [0.15, 0.2) is 16.8 Å². The third-order valence-electron chi connectivity index (χ3n) is 4.95. The van der Waals surface area contributed by atoms with E-state index in [9.17, 15) is 4.79 Å². The Morgan fingerprint density at radius 2 is 1.90 bits per heavy atom. The Balaban J connectivity index is 1.58. The van der Waals surface area contributed by atoms with Gasteiger partial charge in [0.25, 0.3) is 0 Å². The van der Waals surface area contributed by atoms with E-state index in [-0.39, 0.29) is 11.5 Å². The molecule has 0 amide bonds. The zero-order valence-electron chi connectivity index (χ0n) is 16.9. The third kappa shape index (κ3) is 4.30. The Labute approximate surface area is 184 Å². The van der Waals surface area contributed by atoms with E-state index in [1.807, 2.05) is 69.9 Å². The number of aryl methyl sites for hydroxylation is 1. The number of hydrogen-bond acceptors (Lipinski definition) is 5. The van der Waals surface area contributed by atoms with Crippen molar-refractivity contribution in [1.82, 2.24) is 19.3 Å². The summed E-state index contributed by atoms with van der Waals surface area (Å²) in [5.74, 6) is 1.02. The first-order valence-electron chi connectivity index (χ1n) is 9.93. The molecular weight excluding hydrogens is 406 g/mol. The molecule has 6 nitrogen and oxygen atoms in total. The minimum Gasteiger partial charge on any atom is -0.346 e. The summed E-state index contributed by atoms with van der Waals surface area (Å²) in [4.78, 5) is 13.1. The number of fused-ring (bicyclic) bond motifs is 1. The maximum atomic E-state index is 13.1. The lowest BCUT2D eigenvalue weighted by molar-refractivity contribution is 0.102. The Morgan fingerprint density at radius 3 is 2.68 bits per heavy atom. The largest absolute Gasteiger partial charge is 0.346 e. The fourth-order valence-corrected chi connectivity index (χ4v) is 4.35. The number of para-hydroxylation sites is 1. The van der Waals surface area contributed by atoms with E-state index in [1.54, 1.807) is 6.08 Å². The molecule has 0 atom stereocenters. The molecule has 0 N–H and O–H groups in total. The number of allylic oxidation sites excluding steroid dienone is 1. The Hall–Kier alpha value is -3.63. The molecule has 0 saturated heterocycles. The Bertz CT molecular complexity index is 1270. The van der Waals surface area contributed by atoms with E-state index in [4.69, 9.17) is 5.26 Å². The van der Waals surface area contributed by atoms with Crippen LogP contribution in [-0.4, -0.2) is 30.9 Å². The van der Waals surface area contributed by atoms with Gasteiger partial charge < -0.3 is 4.57 Å². The number of ketones is 1. The molecule has 2 aromatic carbocycles. The number of benzene rings is 2. The summed E-state index contributed by atoms with van der Waals surface area (Å²) in [6.07, 6.45) is 4.05. The molecular formula is C24H21N5OS. The average Bonchev–Trinajstić information content (AvgIpc) is 3.38. The van der Waals surface area contributed by atoms with Crippen LogP contribution in [0.4, 0.5) is 0 Å². The summed E-state index contributed by atoms with van der Waals surface area (Å²) in [5, 5.41) is 19.2. The first kappa shape index (κ1) is 20.6. The fraction of sp³-hybridized carbons (Fsp3) is 0.167. The van der Waals surface area contributed by atoms with Crippen molar-refractivity contribution in [2.45, 2.75) is 24.7 Å². The number of carbonyl (C=O) groups is 1. The van der Waals surface area contributed by atoms with Gasteiger partial charge in [-0.25, -0.2) is 0 Å². The van der Waals surface area contributed by atoms with E-state index in [1.165, 1.54) is 11.8 Å². The van der Waals surface area contributed by atoms with Crippen molar-refractivity contribution >= 4 is 28.4 Å². The van der Waals surface area contributed by atoms with Gasteiger partial charge in [0.05, 0.1) is 18.2 Å². The quantitative estimate of drug-likeness (QED) is 0.214. The van der Waals surface area contributed by atoms with E-state index < -0.39 is 0 Å². The van der Waals surface area contributed by atoms with E-state index in [2.05, 4.69) is 22.8 Å². The number of nitriles is 1. The van der Waals surface area contributed by atoms with E-state index in [0.717, 1.165) is 22.3 Å². The van der Waals surface area contributed by atoms with Crippen molar-refractivity contribution in [1.29, 1.82) is 5.26 Å². The molecule has 0 aliphatic heterocycles. The summed E-state index contributed by atoms with van der Waals surface area (Å²) in [6, 6.07) is 19.8. The van der Waals surface area contributed by atoms with Gasteiger partial charge >= 0.3 is 0 Å². The summed E-state index contributed by atoms with van der Waals surface area (Å²) in [5.41, 5.74) is 2.60. The van der Waals surface area contributed by atoms with E-state index in [0.29, 0.717) is 30.2 Å². The van der Waals surface area contributed by atoms with Crippen LogP contribution in [0.15, 0.2) is 78.6 Å². The maximum Gasteiger partial charge on any atom is 0.192 e. The monoisotopic (exact) mass is 427 g/mol. The summed E-state index contributed by atoms with van der Waals surface area (Å²) in [6.45, 7) is 4.96. The molecule has 0 radical (unpaired) electrons. The van der Waals surface area contributed by atoms with Crippen LogP contribution in [0.3, 0.4) is 0 Å². The maximum absolute atomic E-state index is 13.1.